The Morgan fingerprint density at radius 2 is 1.71 bits per heavy atom. The molecule has 0 spiro atoms. The predicted molar refractivity (Wildman–Crippen MR) is 79.0 cm³/mol. The first-order chi connectivity index (χ1) is 9.97. The lowest BCUT2D eigenvalue weighted by atomic mass is 10.0. The Morgan fingerprint density at radius 1 is 1.05 bits per heavy atom. The van der Waals surface area contributed by atoms with Gasteiger partial charge < -0.3 is 5.32 Å². The van der Waals surface area contributed by atoms with Crippen molar-refractivity contribution < 1.29 is 14.0 Å². The van der Waals surface area contributed by atoms with Gasteiger partial charge in [-0.05, 0) is 43.7 Å². The summed E-state index contributed by atoms with van der Waals surface area (Å²) < 4.78 is 12.8. The third-order valence-electron chi connectivity index (χ3n) is 3.20. The minimum Gasteiger partial charge on any atom is -0.345 e. The summed E-state index contributed by atoms with van der Waals surface area (Å²) in [5.74, 6) is -0.950. The number of benzene rings is 2. The highest BCUT2D eigenvalue weighted by Gasteiger charge is 2.11. The maximum Gasteiger partial charge on any atom is 0.251 e. The van der Waals surface area contributed by atoms with Crippen molar-refractivity contribution in [1.29, 1.82) is 0 Å². The second-order valence-corrected chi connectivity index (χ2v) is 4.93. The Labute approximate surface area is 122 Å². The van der Waals surface area contributed by atoms with Crippen molar-refractivity contribution >= 4 is 11.7 Å². The van der Waals surface area contributed by atoms with Gasteiger partial charge in [0.15, 0.2) is 5.78 Å². The molecule has 0 radical (unpaired) electrons. The van der Waals surface area contributed by atoms with Crippen LogP contribution in [0.15, 0.2) is 42.5 Å². The van der Waals surface area contributed by atoms with E-state index in [1.165, 1.54) is 24.3 Å². The van der Waals surface area contributed by atoms with E-state index in [-0.39, 0.29) is 12.3 Å². The summed E-state index contributed by atoms with van der Waals surface area (Å²) in [6.07, 6.45) is 0. The van der Waals surface area contributed by atoms with Crippen LogP contribution in [0.3, 0.4) is 0 Å². The van der Waals surface area contributed by atoms with Crippen LogP contribution in [0.2, 0.25) is 0 Å². The van der Waals surface area contributed by atoms with Gasteiger partial charge in [-0.2, -0.15) is 0 Å². The van der Waals surface area contributed by atoms with Gasteiger partial charge in [0.05, 0.1) is 6.54 Å². The molecule has 0 heterocycles. The van der Waals surface area contributed by atoms with Crippen LogP contribution >= 0.6 is 0 Å². The Bertz CT molecular complexity index is 678. The van der Waals surface area contributed by atoms with Crippen molar-refractivity contribution in [1.82, 2.24) is 5.32 Å². The normalized spacial score (nSPS) is 10.2. The van der Waals surface area contributed by atoms with Crippen molar-refractivity contribution in [2.24, 2.45) is 0 Å². The molecule has 2 aromatic carbocycles. The minimum absolute atomic E-state index is 0.0832. The fourth-order valence-electron chi connectivity index (χ4n) is 2.09. The Balaban J connectivity index is 2.00. The van der Waals surface area contributed by atoms with E-state index in [1.807, 2.05) is 26.0 Å². The molecule has 4 heteroatoms. The first kappa shape index (κ1) is 14.9. The summed E-state index contributed by atoms with van der Waals surface area (Å²) in [5, 5.41) is 2.55. The molecule has 21 heavy (non-hydrogen) atoms. The zero-order valence-electron chi connectivity index (χ0n) is 11.9. The zero-order chi connectivity index (χ0) is 15.4. The average molecular weight is 285 g/mol. The second kappa shape index (κ2) is 6.31. The molecule has 1 amide bonds. The maximum absolute atomic E-state index is 12.8. The molecule has 1 N–H and O–H groups in total. The van der Waals surface area contributed by atoms with Gasteiger partial charge in [0.2, 0.25) is 0 Å². The van der Waals surface area contributed by atoms with Crippen LogP contribution in [0.4, 0.5) is 4.39 Å². The summed E-state index contributed by atoms with van der Waals surface area (Å²) in [4.78, 5) is 23.9. The van der Waals surface area contributed by atoms with Crippen LogP contribution in [0, 0.1) is 19.7 Å². The zero-order valence-corrected chi connectivity index (χ0v) is 11.9. The molecule has 0 aromatic heterocycles. The van der Waals surface area contributed by atoms with Gasteiger partial charge in [-0.25, -0.2) is 4.39 Å². The van der Waals surface area contributed by atoms with Crippen molar-refractivity contribution in [2.45, 2.75) is 13.8 Å². The van der Waals surface area contributed by atoms with Crippen LogP contribution in [0.25, 0.3) is 0 Å². The molecule has 108 valence electrons. The molecule has 0 aliphatic carbocycles. The van der Waals surface area contributed by atoms with E-state index >= 15 is 0 Å². The molecule has 2 rings (SSSR count). The van der Waals surface area contributed by atoms with E-state index in [9.17, 15) is 14.0 Å². The second-order valence-electron chi connectivity index (χ2n) is 4.93. The number of aryl methyl sites for hydroxylation is 2. The summed E-state index contributed by atoms with van der Waals surface area (Å²) in [6, 6.07) is 10.7. The topological polar surface area (TPSA) is 46.2 Å². The number of halogens is 1. The molecule has 0 unspecified atom stereocenters. The number of nitrogens with one attached hydrogen (secondary N) is 1. The molecule has 0 atom stereocenters. The summed E-state index contributed by atoms with van der Waals surface area (Å²) in [7, 11) is 0. The van der Waals surface area contributed by atoms with Crippen molar-refractivity contribution in [3.05, 3.63) is 70.5 Å². The quantitative estimate of drug-likeness (QED) is 0.878. The minimum atomic E-state index is -0.405. The lowest BCUT2D eigenvalue weighted by Gasteiger charge is -2.08. The number of Topliss-reactive ketones (excluding diaryl/α,β-unsaturated/α-hetero) is 1. The Morgan fingerprint density at radius 3 is 2.33 bits per heavy atom. The molecule has 2 aromatic rings. The van der Waals surface area contributed by atoms with Crippen molar-refractivity contribution in [2.75, 3.05) is 6.54 Å². The van der Waals surface area contributed by atoms with Gasteiger partial charge in [0.1, 0.15) is 5.82 Å². The molecular formula is C17H16FNO2. The smallest absolute Gasteiger partial charge is 0.251 e. The lowest BCUT2D eigenvalue weighted by molar-refractivity contribution is 0.0903. The number of hydrogen-bond donors (Lipinski definition) is 1. The number of rotatable bonds is 4. The van der Waals surface area contributed by atoms with Crippen molar-refractivity contribution in [3.8, 4) is 0 Å². The molecule has 0 fully saturated rings. The van der Waals surface area contributed by atoms with Crippen LogP contribution in [0.1, 0.15) is 31.8 Å². The average Bonchev–Trinajstić information content (AvgIpc) is 2.45. The molecule has 0 aliphatic heterocycles. The Hall–Kier alpha value is -2.49. The van der Waals surface area contributed by atoms with E-state index in [0.29, 0.717) is 11.1 Å². The third-order valence-corrected chi connectivity index (χ3v) is 3.20. The number of carbonyl (C=O) groups excluding carboxylic acids is 2. The van der Waals surface area contributed by atoms with Crippen molar-refractivity contribution in [3.63, 3.8) is 0 Å². The maximum atomic E-state index is 12.8. The molecule has 0 aliphatic rings. The fourth-order valence-corrected chi connectivity index (χ4v) is 2.09. The highest BCUT2D eigenvalue weighted by Crippen LogP contribution is 2.11. The van der Waals surface area contributed by atoms with Gasteiger partial charge in [0, 0.05) is 11.1 Å². The third kappa shape index (κ3) is 3.75. The van der Waals surface area contributed by atoms with E-state index in [4.69, 9.17) is 0 Å². The van der Waals surface area contributed by atoms with Crippen LogP contribution in [-0.4, -0.2) is 18.2 Å². The SMILES string of the molecule is Cc1ccc(C(=O)CNC(=O)c2ccc(F)cc2)c(C)c1. The molecule has 0 saturated heterocycles. The molecule has 0 bridgehead atoms. The standard InChI is InChI=1S/C17H16FNO2/c1-11-3-8-15(12(2)9-11)16(20)10-19-17(21)13-4-6-14(18)7-5-13/h3-9H,10H2,1-2H3,(H,19,21). The van der Waals surface area contributed by atoms with E-state index in [2.05, 4.69) is 5.32 Å². The van der Waals surface area contributed by atoms with Crippen LogP contribution in [-0.2, 0) is 0 Å². The number of amides is 1. The number of ketones is 1. The molecule has 3 nitrogen and oxygen atoms in total. The molecular weight excluding hydrogens is 269 g/mol. The van der Waals surface area contributed by atoms with E-state index in [0.717, 1.165) is 11.1 Å². The first-order valence-corrected chi connectivity index (χ1v) is 6.61. The predicted octanol–water partition coefficient (Wildman–Crippen LogP) is 3.06. The lowest BCUT2D eigenvalue weighted by Crippen LogP contribution is -2.29. The summed E-state index contributed by atoms with van der Waals surface area (Å²) in [6.45, 7) is 3.74. The van der Waals surface area contributed by atoms with Crippen LogP contribution < -0.4 is 5.32 Å². The summed E-state index contributed by atoms with van der Waals surface area (Å²) in [5.41, 5.74) is 2.89. The highest BCUT2D eigenvalue weighted by molar-refractivity contribution is 6.02. The Kier molecular flexibility index (Phi) is 4.48. The fraction of sp³-hybridized carbons (Fsp3) is 0.176. The van der Waals surface area contributed by atoms with Gasteiger partial charge in [-0.15, -0.1) is 0 Å². The molecule has 0 saturated carbocycles. The van der Waals surface area contributed by atoms with E-state index in [1.54, 1.807) is 6.07 Å². The first-order valence-electron chi connectivity index (χ1n) is 6.61. The monoisotopic (exact) mass is 285 g/mol. The van der Waals surface area contributed by atoms with Gasteiger partial charge in [-0.3, -0.25) is 9.59 Å². The highest BCUT2D eigenvalue weighted by atomic mass is 19.1. The number of hydrogen-bond acceptors (Lipinski definition) is 2. The number of carbonyl (C=O) groups is 2. The van der Waals surface area contributed by atoms with Gasteiger partial charge >= 0.3 is 0 Å². The van der Waals surface area contributed by atoms with Gasteiger partial charge in [-0.1, -0.05) is 23.8 Å². The van der Waals surface area contributed by atoms with Gasteiger partial charge in [0.25, 0.3) is 5.91 Å². The summed E-state index contributed by atoms with van der Waals surface area (Å²) >= 11 is 0. The largest absolute Gasteiger partial charge is 0.345 e. The van der Waals surface area contributed by atoms with Crippen LogP contribution in [0.5, 0.6) is 0 Å². The van der Waals surface area contributed by atoms with E-state index < -0.39 is 11.7 Å².